The number of nitrogens with one attached hydrogen (secondary N) is 3. The normalized spacial score (nSPS) is 14.6. The second kappa shape index (κ2) is 12.8. The van der Waals surface area contributed by atoms with Gasteiger partial charge in [-0.2, -0.15) is 25.3 Å². The standard InChI is InChI=1S/C14H22N4O9S2/c15-5(3-28)11(23)16-6(1-9(19)20)12(24)17-7(2-10(21)22)13(25)18-8(4-29)14(26)27/h5-8,28-29H,1-4,15H2,(H,16,23)(H,17,24)(H,18,25)(H,19,20)(H,21,22)(H,26,27)/t5-,6-,7-,8-/m0/s1. The van der Waals surface area contributed by atoms with E-state index < -0.39 is 72.6 Å². The zero-order valence-corrected chi connectivity index (χ0v) is 16.7. The van der Waals surface area contributed by atoms with Gasteiger partial charge in [0.1, 0.15) is 18.1 Å². The molecule has 13 nitrogen and oxygen atoms in total. The lowest BCUT2D eigenvalue weighted by atomic mass is 10.1. The van der Waals surface area contributed by atoms with Gasteiger partial charge < -0.3 is 37.0 Å². The number of carbonyl (C=O) groups is 6. The van der Waals surface area contributed by atoms with E-state index in [1.54, 1.807) is 0 Å². The SMILES string of the molecule is N[C@@H](CS)C(=O)N[C@@H](CC(=O)O)C(=O)N[C@@H](CC(=O)O)C(=O)N[C@@H](CS)C(=O)O. The van der Waals surface area contributed by atoms with Crippen LogP contribution in [0.2, 0.25) is 0 Å². The average molecular weight is 454 g/mol. The van der Waals surface area contributed by atoms with E-state index in [4.69, 9.17) is 21.1 Å². The molecule has 0 saturated heterocycles. The Morgan fingerprint density at radius 3 is 1.38 bits per heavy atom. The number of hydrogen-bond donors (Lipinski definition) is 9. The smallest absolute Gasteiger partial charge is 0.327 e. The maximum absolute atomic E-state index is 12.4. The van der Waals surface area contributed by atoms with Crippen molar-refractivity contribution in [1.82, 2.24) is 16.0 Å². The highest BCUT2D eigenvalue weighted by atomic mass is 32.1. The van der Waals surface area contributed by atoms with E-state index in [-0.39, 0.29) is 11.5 Å². The Balaban J connectivity index is 5.42. The fourth-order valence-electron chi connectivity index (χ4n) is 1.86. The van der Waals surface area contributed by atoms with Crippen LogP contribution in [-0.2, 0) is 28.8 Å². The zero-order chi connectivity index (χ0) is 22.7. The van der Waals surface area contributed by atoms with Gasteiger partial charge in [0.15, 0.2) is 0 Å². The zero-order valence-electron chi connectivity index (χ0n) is 14.9. The molecule has 4 atom stereocenters. The number of amides is 3. The van der Waals surface area contributed by atoms with Crippen LogP contribution in [0.4, 0.5) is 0 Å². The number of carboxylic acids is 3. The van der Waals surface area contributed by atoms with Crippen molar-refractivity contribution in [3.8, 4) is 0 Å². The Bertz CT molecular complexity index is 661. The predicted molar refractivity (Wildman–Crippen MR) is 104 cm³/mol. The van der Waals surface area contributed by atoms with Crippen molar-refractivity contribution >= 4 is 60.9 Å². The lowest BCUT2D eigenvalue weighted by molar-refractivity contribution is -0.144. The first-order chi connectivity index (χ1) is 13.4. The number of carboxylic acid groups (broad SMARTS) is 3. The highest BCUT2D eigenvalue weighted by molar-refractivity contribution is 7.80. The van der Waals surface area contributed by atoms with Crippen molar-refractivity contribution in [2.45, 2.75) is 37.0 Å². The number of rotatable bonds is 13. The Labute approximate surface area is 175 Å². The molecule has 0 fully saturated rings. The van der Waals surface area contributed by atoms with E-state index in [0.717, 1.165) is 0 Å². The Morgan fingerprint density at radius 2 is 1.07 bits per heavy atom. The van der Waals surface area contributed by atoms with Crippen molar-refractivity contribution < 1.29 is 44.1 Å². The van der Waals surface area contributed by atoms with E-state index >= 15 is 0 Å². The van der Waals surface area contributed by atoms with Crippen LogP contribution >= 0.6 is 25.3 Å². The first kappa shape index (κ1) is 26.5. The van der Waals surface area contributed by atoms with E-state index in [0.29, 0.717) is 0 Å². The van der Waals surface area contributed by atoms with Crippen molar-refractivity contribution in [2.75, 3.05) is 11.5 Å². The van der Waals surface area contributed by atoms with E-state index in [9.17, 15) is 28.8 Å². The van der Waals surface area contributed by atoms with Crippen LogP contribution in [0, 0.1) is 0 Å². The number of hydrogen-bond acceptors (Lipinski definition) is 9. The topological polar surface area (TPSA) is 225 Å². The molecule has 0 aromatic rings. The fourth-order valence-corrected chi connectivity index (χ4v) is 2.27. The molecule has 0 aliphatic heterocycles. The number of aliphatic carboxylic acids is 3. The third kappa shape index (κ3) is 10.00. The summed E-state index contributed by atoms with van der Waals surface area (Å²) in [6.07, 6.45) is -1.81. The molecule has 0 unspecified atom stereocenters. The summed E-state index contributed by atoms with van der Waals surface area (Å²) in [5.41, 5.74) is 5.44. The molecule has 0 heterocycles. The van der Waals surface area contributed by atoms with Gasteiger partial charge in [0.05, 0.1) is 18.9 Å². The summed E-state index contributed by atoms with van der Waals surface area (Å²) in [5, 5.41) is 32.8. The van der Waals surface area contributed by atoms with E-state index in [1.807, 2.05) is 10.6 Å². The molecule has 15 heteroatoms. The van der Waals surface area contributed by atoms with Gasteiger partial charge in [-0.15, -0.1) is 0 Å². The maximum Gasteiger partial charge on any atom is 0.327 e. The third-order valence-electron chi connectivity index (χ3n) is 3.35. The molecule has 0 aromatic heterocycles. The summed E-state index contributed by atoms with van der Waals surface area (Å²) in [6, 6.07) is -6.02. The molecule has 164 valence electrons. The molecule has 0 bridgehead atoms. The third-order valence-corrected chi connectivity index (χ3v) is 4.11. The number of nitrogens with two attached hydrogens (primary N) is 1. The largest absolute Gasteiger partial charge is 0.481 e. The molecular weight excluding hydrogens is 432 g/mol. The second-order valence-electron chi connectivity index (χ2n) is 5.69. The van der Waals surface area contributed by atoms with Gasteiger partial charge in [0, 0.05) is 11.5 Å². The van der Waals surface area contributed by atoms with Crippen LogP contribution in [-0.4, -0.2) is 86.6 Å². The Kier molecular flexibility index (Phi) is 11.7. The summed E-state index contributed by atoms with van der Waals surface area (Å²) in [7, 11) is 0. The van der Waals surface area contributed by atoms with E-state index in [2.05, 4.69) is 30.6 Å². The van der Waals surface area contributed by atoms with Crippen molar-refractivity contribution in [1.29, 1.82) is 0 Å². The summed E-state index contributed by atoms with van der Waals surface area (Å²) in [6.45, 7) is 0. The molecule has 8 N–H and O–H groups in total. The summed E-state index contributed by atoms with van der Waals surface area (Å²) < 4.78 is 0. The van der Waals surface area contributed by atoms with Gasteiger partial charge in [-0.25, -0.2) is 4.79 Å². The molecule has 0 radical (unpaired) electrons. The van der Waals surface area contributed by atoms with Gasteiger partial charge in [-0.3, -0.25) is 24.0 Å². The highest BCUT2D eigenvalue weighted by Crippen LogP contribution is 2.01. The summed E-state index contributed by atoms with van der Waals surface area (Å²) in [5.74, 6) is -8.02. The maximum atomic E-state index is 12.4. The van der Waals surface area contributed by atoms with Gasteiger partial charge in [0.2, 0.25) is 17.7 Å². The quantitative estimate of drug-likeness (QED) is 0.126. The minimum absolute atomic E-state index is 0.0996. The molecule has 0 spiro atoms. The van der Waals surface area contributed by atoms with Crippen LogP contribution in [0.5, 0.6) is 0 Å². The number of thiol groups is 2. The molecule has 0 aliphatic rings. The van der Waals surface area contributed by atoms with Crippen LogP contribution < -0.4 is 21.7 Å². The van der Waals surface area contributed by atoms with Gasteiger partial charge in [-0.1, -0.05) is 0 Å². The first-order valence-electron chi connectivity index (χ1n) is 7.97. The Morgan fingerprint density at radius 1 is 0.690 bits per heavy atom. The van der Waals surface area contributed by atoms with Gasteiger partial charge in [0.25, 0.3) is 0 Å². The second-order valence-corrected chi connectivity index (χ2v) is 6.42. The number of carbonyl (C=O) groups excluding carboxylic acids is 3. The first-order valence-corrected chi connectivity index (χ1v) is 9.24. The van der Waals surface area contributed by atoms with Crippen LogP contribution in [0.15, 0.2) is 0 Å². The van der Waals surface area contributed by atoms with Crippen molar-refractivity contribution in [3.63, 3.8) is 0 Å². The van der Waals surface area contributed by atoms with Gasteiger partial charge in [-0.05, 0) is 0 Å². The predicted octanol–water partition coefficient (Wildman–Crippen LogP) is -3.34. The van der Waals surface area contributed by atoms with Crippen LogP contribution in [0.3, 0.4) is 0 Å². The minimum Gasteiger partial charge on any atom is -0.481 e. The molecule has 0 rings (SSSR count). The molecule has 0 aromatic carbocycles. The molecule has 0 saturated carbocycles. The van der Waals surface area contributed by atoms with E-state index in [1.165, 1.54) is 0 Å². The average Bonchev–Trinajstić information content (AvgIpc) is 2.62. The van der Waals surface area contributed by atoms with Crippen molar-refractivity contribution in [2.24, 2.45) is 5.73 Å². The molecular formula is C14H22N4O9S2. The monoisotopic (exact) mass is 454 g/mol. The summed E-state index contributed by atoms with van der Waals surface area (Å²) >= 11 is 7.55. The fraction of sp³-hybridized carbons (Fsp3) is 0.571. The lowest BCUT2D eigenvalue weighted by Gasteiger charge is -2.23. The molecule has 29 heavy (non-hydrogen) atoms. The molecule has 3 amide bonds. The minimum atomic E-state index is -1.74. The van der Waals surface area contributed by atoms with Gasteiger partial charge >= 0.3 is 17.9 Å². The Hall–Kier alpha value is -2.52. The highest BCUT2D eigenvalue weighted by Gasteiger charge is 2.32. The summed E-state index contributed by atoms with van der Waals surface area (Å²) in [4.78, 5) is 69.3. The molecule has 0 aliphatic carbocycles. The van der Waals surface area contributed by atoms with Crippen LogP contribution in [0.1, 0.15) is 12.8 Å². The van der Waals surface area contributed by atoms with Crippen molar-refractivity contribution in [3.05, 3.63) is 0 Å². The van der Waals surface area contributed by atoms with Crippen LogP contribution in [0.25, 0.3) is 0 Å². The lowest BCUT2D eigenvalue weighted by Crippen LogP contribution is -2.58.